The van der Waals surface area contributed by atoms with E-state index in [2.05, 4.69) is 68.6 Å². The lowest BCUT2D eigenvalue weighted by molar-refractivity contribution is -0.0743. The van der Waals surface area contributed by atoms with Gasteiger partial charge in [0.2, 0.25) is 0 Å². The molecule has 0 saturated heterocycles. The second-order valence-electron chi connectivity index (χ2n) is 7.36. The van der Waals surface area contributed by atoms with Crippen molar-refractivity contribution in [3.05, 3.63) is 71.8 Å². The number of rotatable bonds is 12. The Hall–Kier alpha value is -1.62. The normalized spacial score (nSPS) is 12.0. The number of hydroxylamine groups is 2. The highest BCUT2D eigenvalue weighted by Crippen LogP contribution is 2.12. The van der Waals surface area contributed by atoms with Crippen molar-refractivity contribution in [2.75, 3.05) is 26.3 Å². The zero-order chi connectivity index (χ0) is 24.0. The minimum absolute atomic E-state index is 0. The molecule has 2 atom stereocenters. The summed E-state index contributed by atoms with van der Waals surface area (Å²) in [5, 5.41) is 5.12. The summed E-state index contributed by atoms with van der Waals surface area (Å²) in [6.45, 7) is 15.8. The van der Waals surface area contributed by atoms with Crippen molar-refractivity contribution < 1.29 is 13.9 Å². The van der Waals surface area contributed by atoms with Gasteiger partial charge in [0, 0.05) is 31.8 Å². The molecule has 0 radical (unpaired) electrons. The highest BCUT2D eigenvalue weighted by molar-refractivity contribution is 7.17. The predicted octanol–water partition coefficient (Wildman–Crippen LogP) is 6.98. The fraction of sp³-hybridized carbons (Fsp3) is 0.556. The number of benzene rings is 2. The number of hydrogen-bond acceptors (Lipinski definition) is 5. The summed E-state index contributed by atoms with van der Waals surface area (Å²) >= 11 is 0. The monoisotopic (exact) mass is 478 g/mol. The highest BCUT2D eigenvalue weighted by atomic mass is 31.1. The second kappa shape index (κ2) is 23.5. The van der Waals surface area contributed by atoms with E-state index in [0.717, 1.165) is 39.1 Å². The van der Waals surface area contributed by atoms with E-state index in [0.29, 0.717) is 6.04 Å². The number of ether oxygens (including phenoxy) is 1. The summed E-state index contributed by atoms with van der Waals surface area (Å²) in [7, 11) is -0.288. The maximum absolute atomic E-state index is 10.4. The van der Waals surface area contributed by atoms with Crippen LogP contribution in [0.25, 0.3) is 0 Å². The topological polar surface area (TPSA) is 50.8 Å². The van der Waals surface area contributed by atoms with Gasteiger partial charge < -0.3 is 10.1 Å². The molecule has 188 valence electrons. The van der Waals surface area contributed by atoms with Gasteiger partial charge in [0.25, 0.3) is 0 Å². The van der Waals surface area contributed by atoms with Crippen molar-refractivity contribution in [2.24, 2.45) is 0 Å². The van der Waals surface area contributed by atoms with Crippen LogP contribution in [0.2, 0.25) is 0 Å². The molecule has 2 rings (SSSR count). The first-order valence-electron chi connectivity index (χ1n) is 11.7. The Morgan fingerprint density at radius 3 is 1.70 bits per heavy atom. The van der Waals surface area contributed by atoms with Crippen molar-refractivity contribution >= 4 is 8.69 Å². The van der Waals surface area contributed by atoms with Gasteiger partial charge in [-0.3, -0.25) is 0 Å². The van der Waals surface area contributed by atoms with Crippen LogP contribution in [-0.4, -0.2) is 43.5 Å². The zero-order valence-corrected chi connectivity index (χ0v) is 21.7. The van der Waals surface area contributed by atoms with Crippen LogP contribution < -0.4 is 5.32 Å². The lowest BCUT2D eigenvalue weighted by atomic mass is 10.1. The second-order valence-corrected chi connectivity index (χ2v) is 7.67. The third-order valence-corrected chi connectivity index (χ3v) is 4.94. The van der Waals surface area contributed by atoms with E-state index in [1.807, 2.05) is 39.0 Å². The molecule has 0 heterocycles. The van der Waals surface area contributed by atoms with E-state index in [1.165, 1.54) is 11.1 Å². The lowest BCUT2D eigenvalue weighted by Crippen LogP contribution is -2.32. The standard InChI is InChI=1S/C11H16NO2P.C11H17N.C4H10O.CH4/c1-3-12(14-15-13)10(2)9-11-7-5-4-6-8-11;1-3-12-10(2)9-11-7-5-4-6-8-11;1-3-5-4-2;/h4-8,10H,3,9H2,1-2H3;4-8,10,12H,3,9H2,1-2H3;3-4H2,1-2H3;1H4/t2*10-;;/m00../s1. The molecule has 2 aromatic rings. The van der Waals surface area contributed by atoms with Gasteiger partial charge >= 0.3 is 8.69 Å². The predicted molar refractivity (Wildman–Crippen MR) is 143 cm³/mol. The first-order chi connectivity index (χ1) is 15.5. The minimum Gasteiger partial charge on any atom is -0.382 e. The first kappa shape index (κ1) is 33.6. The molecule has 1 N–H and O–H groups in total. The third kappa shape index (κ3) is 18.5. The Kier molecular flexibility index (Phi) is 23.9. The van der Waals surface area contributed by atoms with Crippen LogP contribution in [0.1, 0.15) is 60.1 Å². The smallest absolute Gasteiger partial charge is 0.346 e. The molecule has 0 unspecified atom stereocenters. The minimum atomic E-state index is -0.288. The Bertz CT molecular complexity index is 657. The van der Waals surface area contributed by atoms with E-state index in [9.17, 15) is 4.57 Å². The first-order valence-corrected chi connectivity index (χ1v) is 12.4. The van der Waals surface area contributed by atoms with Crippen molar-refractivity contribution in [1.82, 2.24) is 10.4 Å². The Balaban J connectivity index is 0. The molecule has 0 saturated carbocycles. The summed E-state index contributed by atoms with van der Waals surface area (Å²) in [4.78, 5) is 0. The summed E-state index contributed by atoms with van der Waals surface area (Å²) in [5.41, 5.74) is 2.67. The van der Waals surface area contributed by atoms with Crippen molar-refractivity contribution in [1.29, 1.82) is 0 Å². The van der Waals surface area contributed by atoms with Crippen molar-refractivity contribution in [3.63, 3.8) is 0 Å². The molecule has 0 bridgehead atoms. The van der Waals surface area contributed by atoms with Crippen molar-refractivity contribution in [3.8, 4) is 0 Å². The highest BCUT2D eigenvalue weighted by Gasteiger charge is 2.13. The lowest BCUT2D eigenvalue weighted by Gasteiger charge is -2.23. The van der Waals surface area contributed by atoms with Gasteiger partial charge in [0.15, 0.2) is 0 Å². The molecule has 2 aromatic carbocycles. The fourth-order valence-electron chi connectivity index (χ4n) is 3.14. The number of hydrogen-bond donors (Lipinski definition) is 1. The molecular weight excluding hydrogens is 431 g/mol. The van der Waals surface area contributed by atoms with Gasteiger partial charge in [-0.15, -0.1) is 0 Å². The zero-order valence-electron chi connectivity index (χ0n) is 20.8. The summed E-state index contributed by atoms with van der Waals surface area (Å²) in [5.74, 6) is 0. The quantitative estimate of drug-likeness (QED) is 0.263. The SMILES string of the molecule is C.CCN(OP=O)[C@@H](C)Cc1ccccc1.CCN[C@@H](C)Cc1ccccc1.CCOCC. The van der Waals surface area contributed by atoms with E-state index in [1.54, 1.807) is 5.06 Å². The Morgan fingerprint density at radius 2 is 1.33 bits per heavy atom. The van der Waals surface area contributed by atoms with Gasteiger partial charge in [-0.1, -0.05) is 81.9 Å². The molecule has 0 aliphatic rings. The largest absolute Gasteiger partial charge is 0.382 e. The van der Waals surface area contributed by atoms with Crippen LogP contribution in [0, 0.1) is 0 Å². The summed E-state index contributed by atoms with van der Waals surface area (Å²) in [6, 6.07) is 21.6. The summed E-state index contributed by atoms with van der Waals surface area (Å²) < 4.78 is 20.2. The van der Waals surface area contributed by atoms with Gasteiger partial charge in [0.1, 0.15) is 0 Å². The van der Waals surface area contributed by atoms with Crippen LogP contribution in [0.15, 0.2) is 60.7 Å². The van der Waals surface area contributed by atoms with Crippen LogP contribution >= 0.6 is 8.69 Å². The van der Waals surface area contributed by atoms with E-state index < -0.39 is 0 Å². The van der Waals surface area contributed by atoms with E-state index in [4.69, 9.17) is 9.36 Å². The molecule has 33 heavy (non-hydrogen) atoms. The number of nitrogens with one attached hydrogen (secondary N) is 1. The van der Waals surface area contributed by atoms with Crippen LogP contribution in [0.3, 0.4) is 0 Å². The summed E-state index contributed by atoms with van der Waals surface area (Å²) in [6.07, 6.45) is 2.01. The molecule has 0 aromatic heterocycles. The van der Waals surface area contributed by atoms with Crippen LogP contribution in [-0.2, 0) is 26.8 Å². The van der Waals surface area contributed by atoms with Crippen LogP contribution in [0.4, 0.5) is 0 Å². The molecule has 6 heteroatoms. The average molecular weight is 479 g/mol. The number of likely N-dealkylation sites (N-methyl/N-ethyl adjacent to an activating group) is 2. The molecule has 0 aliphatic carbocycles. The maximum atomic E-state index is 10.4. The Morgan fingerprint density at radius 1 is 0.848 bits per heavy atom. The van der Waals surface area contributed by atoms with Gasteiger partial charge in [0.05, 0.1) is 0 Å². The molecule has 0 fully saturated rings. The number of nitrogens with zero attached hydrogens (tertiary/aromatic N) is 1. The fourth-order valence-corrected chi connectivity index (χ4v) is 3.50. The maximum Gasteiger partial charge on any atom is 0.346 e. The third-order valence-electron chi connectivity index (χ3n) is 4.66. The van der Waals surface area contributed by atoms with Crippen molar-refractivity contribution in [2.45, 2.75) is 73.9 Å². The van der Waals surface area contributed by atoms with Crippen LogP contribution in [0.5, 0.6) is 0 Å². The van der Waals surface area contributed by atoms with Gasteiger partial charge in [-0.2, -0.15) is 5.06 Å². The molecule has 0 spiro atoms. The molecule has 0 aliphatic heterocycles. The van der Waals surface area contributed by atoms with Gasteiger partial charge in [-0.25, -0.2) is 9.19 Å². The van der Waals surface area contributed by atoms with Gasteiger partial charge in [-0.05, 0) is 58.2 Å². The van der Waals surface area contributed by atoms with E-state index >= 15 is 0 Å². The Labute approximate surface area is 205 Å². The van der Waals surface area contributed by atoms with E-state index in [-0.39, 0.29) is 22.2 Å². The molecular formula is C27H47N2O3P. The average Bonchev–Trinajstić information content (AvgIpc) is 2.80. The molecule has 0 amide bonds. The molecule has 5 nitrogen and oxygen atoms in total.